The number of hydrogen-bond donors (Lipinski definition) is 1. The maximum Gasteiger partial charge on any atom is 0.258 e. The average molecular weight is 340 g/mol. The Morgan fingerprint density at radius 1 is 0.769 bits per heavy atom. The lowest BCUT2D eigenvalue weighted by Gasteiger charge is -2.24. The van der Waals surface area contributed by atoms with Gasteiger partial charge in [-0.3, -0.25) is 15.1 Å². The van der Waals surface area contributed by atoms with Gasteiger partial charge in [-0.1, -0.05) is 78.9 Å². The zero-order valence-corrected chi connectivity index (χ0v) is 14.4. The van der Waals surface area contributed by atoms with Crippen molar-refractivity contribution in [1.29, 1.82) is 5.41 Å². The molecule has 0 aromatic heterocycles. The number of benzene rings is 3. The third-order valence-electron chi connectivity index (χ3n) is 4.17. The molecule has 1 N–H and O–H groups in total. The molecule has 128 valence electrons. The van der Waals surface area contributed by atoms with Crippen LogP contribution in [-0.2, 0) is 6.42 Å². The van der Waals surface area contributed by atoms with Crippen molar-refractivity contribution >= 4 is 17.5 Å². The second kappa shape index (κ2) is 8.61. The van der Waals surface area contributed by atoms with Crippen LogP contribution in [0.2, 0.25) is 0 Å². The van der Waals surface area contributed by atoms with Crippen molar-refractivity contribution in [2.45, 2.75) is 6.42 Å². The number of carbonyl (C=O) groups is 1. The standard InChI is InChI=1S/C23H20N2O/c24-18-22(20-12-6-2-7-13-20)25(17-16-19-10-4-1-5-11-19)23(26)21-14-8-3-9-15-21/h1-15,24H,16-17H2. The van der Waals surface area contributed by atoms with Gasteiger partial charge in [0, 0.05) is 23.5 Å². The van der Waals surface area contributed by atoms with Crippen LogP contribution in [0.4, 0.5) is 0 Å². The van der Waals surface area contributed by atoms with Crippen molar-refractivity contribution in [1.82, 2.24) is 4.90 Å². The molecule has 0 fully saturated rings. The number of hydrogen-bond acceptors (Lipinski definition) is 2. The number of rotatable bonds is 6. The van der Waals surface area contributed by atoms with Crippen LogP contribution in [0.25, 0.3) is 5.70 Å². The van der Waals surface area contributed by atoms with E-state index in [1.165, 1.54) is 0 Å². The van der Waals surface area contributed by atoms with E-state index in [1.807, 2.05) is 78.9 Å². The van der Waals surface area contributed by atoms with Gasteiger partial charge in [-0.25, -0.2) is 0 Å². The van der Waals surface area contributed by atoms with Crippen LogP contribution >= 0.6 is 0 Å². The molecule has 3 aromatic rings. The summed E-state index contributed by atoms with van der Waals surface area (Å²) < 4.78 is 0. The molecule has 0 unspecified atom stereocenters. The van der Waals surface area contributed by atoms with Gasteiger partial charge in [-0.2, -0.15) is 0 Å². The van der Waals surface area contributed by atoms with E-state index in [-0.39, 0.29) is 5.91 Å². The van der Waals surface area contributed by atoms with E-state index >= 15 is 0 Å². The molecule has 0 atom stereocenters. The third kappa shape index (κ3) is 4.15. The Balaban J connectivity index is 1.93. The van der Waals surface area contributed by atoms with Gasteiger partial charge >= 0.3 is 0 Å². The zero-order valence-electron chi connectivity index (χ0n) is 14.4. The molecule has 3 aromatic carbocycles. The van der Waals surface area contributed by atoms with Gasteiger partial charge in [0.1, 0.15) is 5.70 Å². The highest BCUT2D eigenvalue weighted by Gasteiger charge is 2.21. The summed E-state index contributed by atoms with van der Waals surface area (Å²) in [7, 11) is 0. The fraction of sp³-hybridized carbons (Fsp3) is 0.0870. The van der Waals surface area contributed by atoms with E-state index in [1.54, 1.807) is 17.0 Å². The predicted octanol–water partition coefficient (Wildman–Crippen LogP) is 4.66. The van der Waals surface area contributed by atoms with Gasteiger partial charge in [-0.15, -0.1) is 0 Å². The first kappa shape index (κ1) is 17.4. The van der Waals surface area contributed by atoms with Crippen LogP contribution < -0.4 is 0 Å². The minimum Gasteiger partial charge on any atom is -0.299 e. The molecule has 0 bridgehead atoms. The van der Waals surface area contributed by atoms with Crippen molar-refractivity contribution < 1.29 is 4.79 Å². The Kier molecular flexibility index (Phi) is 5.76. The molecular weight excluding hydrogens is 320 g/mol. The maximum atomic E-state index is 13.1. The molecule has 0 aliphatic carbocycles. The molecule has 0 saturated carbocycles. The molecule has 26 heavy (non-hydrogen) atoms. The fourth-order valence-corrected chi connectivity index (χ4v) is 2.83. The smallest absolute Gasteiger partial charge is 0.258 e. The molecular formula is C23H20N2O. The van der Waals surface area contributed by atoms with Crippen LogP contribution in [-0.4, -0.2) is 23.2 Å². The monoisotopic (exact) mass is 340 g/mol. The predicted molar refractivity (Wildman–Crippen MR) is 105 cm³/mol. The van der Waals surface area contributed by atoms with Crippen LogP contribution in [0.3, 0.4) is 0 Å². The molecule has 0 aliphatic heterocycles. The van der Waals surface area contributed by atoms with Gasteiger partial charge in [0.15, 0.2) is 0 Å². The molecule has 0 radical (unpaired) electrons. The Hall–Kier alpha value is -3.42. The lowest BCUT2D eigenvalue weighted by molar-refractivity contribution is 0.0837. The second-order valence-corrected chi connectivity index (χ2v) is 5.90. The summed E-state index contributed by atoms with van der Waals surface area (Å²) in [6, 6.07) is 28.7. The summed E-state index contributed by atoms with van der Waals surface area (Å²) in [6.07, 6.45) is 0.706. The van der Waals surface area contributed by atoms with Gasteiger partial charge in [-0.05, 0) is 24.1 Å². The molecule has 0 spiro atoms. The molecule has 0 aliphatic rings. The highest BCUT2D eigenvalue weighted by atomic mass is 16.2. The number of nitrogens with one attached hydrogen (secondary N) is 1. The second-order valence-electron chi connectivity index (χ2n) is 5.90. The highest BCUT2D eigenvalue weighted by Crippen LogP contribution is 2.20. The Bertz CT molecular complexity index is 899. The van der Waals surface area contributed by atoms with Crippen LogP contribution in [0.1, 0.15) is 21.5 Å². The summed E-state index contributed by atoms with van der Waals surface area (Å²) in [5.74, 6) is 2.35. The summed E-state index contributed by atoms with van der Waals surface area (Å²) in [5.41, 5.74) is 3.04. The third-order valence-corrected chi connectivity index (χ3v) is 4.17. The number of amides is 1. The number of nitrogens with zero attached hydrogens (tertiary/aromatic N) is 1. The minimum absolute atomic E-state index is 0.125. The Morgan fingerprint density at radius 3 is 1.81 bits per heavy atom. The molecule has 3 rings (SSSR count). The van der Waals surface area contributed by atoms with E-state index in [2.05, 4.69) is 5.87 Å². The fourth-order valence-electron chi connectivity index (χ4n) is 2.83. The van der Waals surface area contributed by atoms with Gasteiger partial charge in [0.25, 0.3) is 5.91 Å². The average Bonchev–Trinajstić information content (AvgIpc) is 2.72. The highest BCUT2D eigenvalue weighted by molar-refractivity contribution is 6.04. The lowest BCUT2D eigenvalue weighted by atomic mass is 10.1. The normalized spacial score (nSPS) is 10.0. The topological polar surface area (TPSA) is 44.2 Å². The summed E-state index contributed by atoms with van der Waals surface area (Å²) >= 11 is 0. The molecule has 0 saturated heterocycles. The first-order chi connectivity index (χ1) is 12.8. The lowest BCUT2D eigenvalue weighted by Crippen LogP contribution is -2.32. The number of carbonyl (C=O) groups excluding carboxylic acids is 1. The van der Waals surface area contributed by atoms with Gasteiger partial charge in [0.05, 0.1) is 0 Å². The first-order valence-corrected chi connectivity index (χ1v) is 8.55. The summed E-state index contributed by atoms with van der Waals surface area (Å²) in [6.45, 7) is 0.480. The van der Waals surface area contributed by atoms with E-state index in [0.29, 0.717) is 24.2 Å². The van der Waals surface area contributed by atoms with Crippen molar-refractivity contribution in [2.24, 2.45) is 0 Å². The van der Waals surface area contributed by atoms with E-state index in [9.17, 15) is 4.79 Å². The van der Waals surface area contributed by atoms with Crippen molar-refractivity contribution in [2.75, 3.05) is 6.54 Å². The molecule has 1 amide bonds. The van der Waals surface area contributed by atoms with Gasteiger partial charge < -0.3 is 0 Å². The summed E-state index contributed by atoms with van der Waals surface area (Å²) in [4.78, 5) is 14.8. The molecule has 3 heteroatoms. The minimum atomic E-state index is -0.125. The Morgan fingerprint density at radius 2 is 1.27 bits per heavy atom. The van der Waals surface area contributed by atoms with E-state index in [4.69, 9.17) is 5.41 Å². The van der Waals surface area contributed by atoms with Crippen LogP contribution in [0, 0.1) is 5.41 Å². The Labute approximate surface area is 153 Å². The largest absolute Gasteiger partial charge is 0.299 e. The van der Waals surface area contributed by atoms with E-state index < -0.39 is 0 Å². The van der Waals surface area contributed by atoms with Crippen molar-refractivity contribution in [3.8, 4) is 0 Å². The van der Waals surface area contributed by atoms with Gasteiger partial charge in [0.2, 0.25) is 0 Å². The maximum absolute atomic E-state index is 13.1. The first-order valence-electron chi connectivity index (χ1n) is 8.55. The van der Waals surface area contributed by atoms with Crippen molar-refractivity contribution in [3.63, 3.8) is 0 Å². The zero-order chi connectivity index (χ0) is 18.2. The SMILES string of the molecule is N=C=C(c1ccccc1)N(CCc1ccccc1)C(=O)c1ccccc1. The van der Waals surface area contributed by atoms with Crippen LogP contribution in [0.5, 0.6) is 0 Å². The summed E-state index contributed by atoms with van der Waals surface area (Å²) in [5, 5.41) is 7.79. The van der Waals surface area contributed by atoms with E-state index in [0.717, 1.165) is 11.1 Å². The quantitative estimate of drug-likeness (QED) is 0.652. The van der Waals surface area contributed by atoms with Crippen LogP contribution in [0.15, 0.2) is 91.0 Å². The molecule has 3 nitrogen and oxygen atoms in total. The van der Waals surface area contributed by atoms with Crippen molar-refractivity contribution in [3.05, 3.63) is 108 Å². The molecule has 0 heterocycles.